The molecule has 0 spiro atoms. The molecular formula is C14H16BrNO4. The van der Waals surface area contributed by atoms with E-state index in [1.165, 1.54) is 13.2 Å². The van der Waals surface area contributed by atoms with Crippen LogP contribution >= 0.6 is 15.9 Å². The van der Waals surface area contributed by atoms with Gasteiger partial charge in [-0.3, -0.25) is 9.59 Å². The Morgan fingerprint density at radius 3 is 2.85 bits per heavy atom. The fraction of sp³-hybridized carbons (Fsp3) is 0.429. The average Bonchev–Trinajstić information content (AvgIpc) is 2.48. The van der Waals surface area contributed by atoms with Gasteiger partial charge in [0.25, 0.3) is 5.91 Å². The lowest BCUT2D eigenvalue weighted by Gasteiger charge is -2.31. The molecule has 6 heteroatoms. The Morgan fingerprint density at radius 2 is 2.20 bits per heavy atom. The fourth-order valence-corrected chi connectivity index (χ4v) is 2.60. The van der Waals surface area contributed by atoms with E-state index in [1.54, 1.807) is 17.0 Å². The van der Waals surface area contributed by atoms with Crippen LogP contribution in [0.3, 0.4) is 0 Å². The molecule has 108 valence electrons. The summed E-state index contributed by atoms with van der Waals surface area (Å²) in [4.78, 5) is 25.6. The number of amides is 1. The first-order chi connectivity index (χ1) is 9.52. The Labute approximate surface area is 125 Å². The monoisotopic (exact) mass is 341 g/mol. The second kappa shape index (κ2) is 6.26. The van der Waals surface area contributed by atoms with Gasteiger partial charge < -0.3 is 14.7 Å². The van der Waals surface area contributed by atoms with Crippen molar-refractivity contribution < 1.29 is 19.4 Å². The number of hydrogen-bond acceptors (Lipinski definition) is 4. The number of phenols is 1. The normalized spacial score (nSPS) is 18.7. The van der Waals surface area contributed by atoms with Crippen molar-refractivity contribution in [2.75, 3.05) is 20.2 Å². The topological polar surface area (TPSA) is 66.8 Å². The van der Waals surface area contributed by atoms with Crippen LogP contribution in [0.15, 0.2) is 22.7 Å². The van der Waals surface area contributed by atoms with Gasteiger partial charge in [-0.1, -0.05) is 0 Å². The number of piperidine rings is 1. The number of carbonyl (C=O) groups excluding carboxylic acids is 2. The largest absolute Gasteiger partial charge is 0.507 e. The second-order valence-corrected chi connectivity index (χ2v) is 5.63. The summed E-state index contributed by atoms with van der Waals surface area (Å²) in [5, 5.41) is 9.63. The lowest BCUT2D eigenvalue weighted by atomic mass is 9.97. The minimum Gasteiger partial charge on any atom is -0.507 e. The van der Waals surface area contributed by atoms with Gasteiger partial charge in [-0.2, -0.15) is 0 Å². The fourth-order valence-electron chi connectivity index (χ4n) is 2.35. The number of ether oxygens (including phenoxy) is 1. The zero-order valence-electron chi connectivity index (χ0n) is 11.1. The third-order valence-electron chi connectivity index (χ3n) is 3.44. The lowest BCUT2D eigenvalue weighted by Crippen LogP contribution is -2.42. The Balaban J connectivity index is 2.12. The summed E-state index contributed by atoms with van der Waals surface area (Å²) < 4.78 is 5.28. The van der Waals surface area contributed by atoms with Crippen molar-refractivity contribution in [1.82, 2.24) is 4.90 Å². The first kappa shape index (κ1) is 14.8. The van der Waals surface area contributed by atoms with Crippen LogP contribution < -0.4 is 0 Å². The van der Waals surface area contributed by atoms with Crippen LogP contribution in [0, 0.1) is 5.92 Å². The molecule has 1 amide bonds. The summed E-state index contributed by atoms with van der Waals surface area (Å²) in [5.41, 5.74) is 0.413. The van der Waals surface area contributed by atoms with Crippen LogP contribution in [0.25, 0.3) is 0 Å². The van der Waals surface area contributed by atoms with E-state index in [1.807, 2.05) is 0 Å². The molecule has 0 aromatic heterocycles. The first-order valence-corrected chi connectivity index (χ1v) is 7.18. The summed E-state index contributed by atoms with van der Waals surface area (Å²) in [7, 11) is 1.36. The molecule has 0 aliphatic carbocycles. The Morgan fingerprint density at radius 1 is 1.45 bits per heavy atom. The van der Waals surface area contributed by atoms with E-state index in [9.17, 15) is 14.7 Å². The van der Waals surface area contributed by atoms with Gasteiger partial charge in [-0.05, 0) is 47.0 Å². The van der Waals surface area contributed by atoms with E-state index >= 15 is 0 Å². The van der Waals surface area contributed by atoms with Gasteiger partial charge >= 0.3 is 5.97 Å². The number of rotatable bonds is 2. The summed E-state index contributed by atoms with van der Waals surface area (Å²) >= 11 is 3.18. The summed E-state index contributed by atoms with van der Waals surface area (Å²) in [6.45, 7) is 0.978. The van der Waals surface area contributed by atoms with Gasteiger partial charge in [0, 0.05) is 18.7 Å². The number of likely N-dealkylation sites (tertiary alicyclic amines) is 1. The molecule has 1 fully saturated rings. The van der Waals surface area contributed by atoms with Crippen molar-refractivity contribution >= 4 is 27.8 Å². The minimum absolute atomic E-state index is 0.0253. The Kier molecular flexibility index (Phi) is 4.65. The zero-order valence-corrected chi connectivity index (χ0v) is 12.7. The van der Waals surface area contributed by atoms with Crippen molar-refractivity contribution in [2.45, 2.75) is 12.8 Å². The maximum atomic E-state index is 12.4. The number of aromatic hydroxyl groups is 1. The van der Waals surface area contributed by atoms with Gasteiger partial charge in [0.05, 0.1) is 17.5 Å². The van der Waals surface area contributed by atoms with E-state index < -0.39 is 0 Å². The molecule has 1 aromatic carbocycles. The summed E-state index contributed by atoms with van der Waals surface area (Å²) in [5.74, 6) is -0.693. The number of carbonyl (C=O) groups is 2. The highest BCUT2D eigenvalue weighted by Gasteiger charge is 2.29. The summed E-state index contributed by atoms with van der Waals surface area (Å²) in [6, 6.07) is 4.70. The van der Waals surface area contributed by atoms with Crippen molar-refractivity contribution in [3.63, 3.8) is 0 Å². The molecule has 2 rings (SSSR count). The molecular weight excluding hydrogens is 326 g/mol. The van der Waals surface area contributed by atoms with E-state index in [0.717, 1.165) is 12.8 Å². The predicted octanol–water partition coefficient (Wildman–Crippen LogP) is 2.18. The van der Waals surface area contributed by atoms with E-state index in [0.29, 0.717) is 23.1 Å². The molecule has 20 heavy (non-hydrogen) atoms. The van der Waals surface area contributed by atoms with Crippen LogP contribution in [0.1, 0.15) is 23.2 Å². The number of esters is 1. The van der Waals surface area contributed by atoms with Crippen LogP contribution in [0.4, 0.5) is 0 Å². The van der Waals surface area contributed by atoms with Crippen LogP contribution in [-0.2, 0) is 9.53 Å². The quantitative estimate of drug-likeness (QED) is 0.837. The van der Waals surface area contributed by atoms with Gasteiger partial charge in [-0.25, -0.2) is 0 Å². The number of hydrogen-bond donors (Lipinski definition) is 1. The molecule has 1 unspecified atom stereocenters. The average molecular weight is 342 g/mol. The molecule has 1 aliphatic rings. The molecule has 1 N–H and O–H groups in total. The van der Waals surface area contributed by atoms with Crippen molar-refractivity contribution in [2.24, 2.45) is 5.92 Å². The predicted molar refractivity (Wildman–Crippen MR) is 76.5 cm³/mol. The van der Waals surface area contributed by atoms with E-state index in [4.69, 9.17) is 4.74 Å². The Hall–Kier alpha value is -1.56. The second-order valence-electron chi connectivity index (χ2n) is 4.78. The molecule has 0 bridgehead atoms. The maximum Gasteiger partial charge on any atom is 0.310 e. The molecule has 1 saturated heterocycles. The lowest BCUT2D eigenvalue weighted by molar-refractivity contribution is -0.146. The Bertz CT molecular complexity index is 532. The van der Waals surface area contributed by atoms with Gasteiger partial charge in [-0.15, -0.1) is 0 Å². The maximum absolute atomic E-state index is 12.4. The number of benzene rings is 1. The molecule has 0 radical (unpaired) electrons. The standard InChI is InChI=1S/C14H16BrNO4/c1-20-14(19)10-3-2-6-16(8-10)13(18)9-4-5-11(15)12(17)7-9/h4-5,7,10,17H,2-3,6,8H2,1H3. The van der Waals surface area contributed by atoms with Gasteiger partial charge in [0.15, 0.2) is 0 Å². The minimum atomic E-state index is -0.277. The highest BCUT2D eigenvalue weighted by molar-refractivity contribution is 9.10. The van der Waals surface area contributed by atoms with Crippen LogP contribution in [0.5, 0.6) is 5.75 Å². The van der Waals surface area contributed by atoms with Crippen LogP contribution in [0.2, 0.25) is 0 Å². The third-order valence-corrected chi connectivity index (χ3v) is 4.11. The number of phenolic OH excluding ortho intramolecular Hbond substituents is 1. The molecule has 1 atom stereocenters. The van der Waals surface area contributed by atoms with Crippen molar-refractivity contribution in [3.05, 3.63) is 28.2 Å². The first-order valence-electron chi connectivity index (χ1n) is 6.38. The smallest absolute Gasteiger partial charge is 0.310 e. The highest BCUT2D eigenvalue weighted by atomic mass is 79.9. The molecule has 5 nitrogen and oxygen atoms in total. The zero-order chi connectivity index (χ0) is 14.7. The van der Waals surface area contributed by atoms with Crippen molar-refractivity contribution in [3.8, 4) is 5.75 Å². The number of nitrogens with zero attached hydrogens (tertiary/aromatic N) is 1. The third kappa shape index (κ3) is 3.12. The SMILES string of the molecule is COC(=O)C1CCCN(C(=O)c2ccc(Br)c(O)c2)C1. The van der Waals surface area contributed by atoms with E-state index in [2.05, 4.69) is 15.9 Å². The highest BCUT2D eigenvalue weighted by Crippen LogP contribution is 2.26. The number of methoxy groups -OCH3 is 1. The van der Waals surface area contributed by atoms with Gasteiger partial charge in [0.2, 0.25) is 0 Å². The van der Waals surface area contributed by atoms with E-state index in [-0.39, 0.29) is 23.5 Å². The van der Waals surface area contributed by atoms with Gasteiger partial charge in [0.1, 0.15) is 5.75 Å². The van der Waals surface area contributed by atoms with Crippen molar-refractivity contribution in [1.29, 1.82) is 0 Å². The molecule has 1 aliphatic heterocycles. The summed E-state index contributed by atoms with van der Waals surface area (Å²) in [6.07, 6.45) is 1.51. The molecule has 1 aromatic rings. The van der Waals surface area contributed by atoms with Crippen LogP contribution in [-0.4, -0.2) is 42.1 Å². The number of halogens is 1. The molecule has 0 saturated carbocycles. The molecule has 1 heterocycles.